The smallest absolute Gasteiger partial charge is 0.138 e. The number of hydrogen-bond donors (Lipinski definition) is 1. The van der Waals surface area contributed by atoms with Gasteiger partial charge in [0.25, 0.3) is 0 Å². The summed E-state index contributed by atoms with van der Waals surface area (Å²) in [5.74, 6) is 1.11. The van der Waals surface area contributed by atoms with Crippen molar-refractivity contribution in [1.82, 2.24) is 20.1 Å². The second-order valence-electron chi connectivity index (χ2n) is 6.09. The van der Waals surface area contributed by atoms with E-state index < -0.39 is 0 Å². The molecule has 2 atom stereocenters. The molecule has 112 valence electrons. The highest BCUT2D eigenvalue weighted by Gasteiger charge is 2.21. The van der Waals surface area contributed by atoms with Crippen LogP contribution in [0.2, 0.25) is 0 Å². The molecule has 4 heteroatoms. The van der Waals surface area contributed by atoms with E-state index in [1.54, 1.807) is 6.33 Å². The third kappa shape index (κ3) is 2.50. The molecule has 0 saturated heterocycles. The van der Waals surface area contributed by atoms with Gasteiger partial charge >= 0.3 is 0 Å². The van der Waals surface area contributed by atoms with E-state index in [-0.39, 0.29) is 0 Å². The zero-order valence-corrected chi connectivity index (χ0v) is 12.7. The molecule has 1 aliphatic rings. The van der Waals surface area contributed by atoms with E-state index in [4.69, 9.17) is 0 Å². The molecule has 1 N–H and O–H groups in total. The van der Waals surface area contributed by atoms with Gasteiger partial charge in [-0.05, 0) is 35.7 Å². The van der Waals surface area contributed by atoms with Crippen LogP contribution >= 0.6 is 0 Å². The van der Waals surface area contributed by atoms with Crippen LogP contribution in [-0.2, 0) is 13.0 Å². The van der Waals surface area contributed by atoms with Gasteiger partial charge in [0.15, 0.2) is 0 Å². The van der Waals surface area contributed by atoms with E-state index in [1.165, 1.54) is 16.3 Å². The zero-order valence-electron chi connectivity index (χ0n) is 12.7. The third-order valence-electron chi connectivity index (χ3n) is 4.56. The van der Waals surface area contributed by atoms with Gasteiger partial charge in [-0.3, -0.25) is 0 Å². The van der Waals surface area contributed by atoms with Crippen LogP contribution in [0.25, 0.3) is 10.8 Å². The Balaban J connectivity index is 1.50. The van der Waals surface area contributed by atoms with Crippen LogP contribution in [0.5, 0.6) is 0 Å². The predicted molar refractivity (Wildman–Crippen MR) is 87.6 cm³/mol. The fourth-order valence-corrected chi connectivity index (χ4v) is 3.30. The van der Waals surface area contributed by atoms with E-state index in [0.717, 1.165) is 25.2 Å². The number of rotatable bonds is 3. The second kappa shape index (κ2) is 5.54. The van der Waals surface area contributed by atoms with E-state index >= 15 is 0 Å². The van der Waals surface area contributed by atoms with Crippen LogP contribution in [0.15, 0.2) is 48.8 Å². The lowest BCUT2D eigenvalue weighted by Crippen LogP contribution is -2.39. The van der Waals surface area contributed by atoms with Crippen molar-refractivity contribution in [1.29, 1.82) is 0 Å². The molecule has 0 bridgehead atoms. The van der Waals surface area contributed by atoms with Gasteiger partial charge in [0.1, 0.15) is 12.2 Å². The molecule has 2 aromatic carbocycles. The first-order valence-corrected chi connectivity index (χ1v) is 7.91. The van der Waals surface area contributed by atoms with Crippen molar-refractivity contribution in [3.05, 3.63) is 60.2 Å². The van der Waals surface area contributed by atoms with Crippen LogP contribution in [0.3, 0.4) is 0 Å². The number of aromatic nitrogens is 3. The van der Waals surface area contributed by atoms with Crippen LogP contribution in [-0.4, -0.2) is 20.8 Å². The average molecular weight is 292 g/mol. The maximum Gasteiger partial charge on any atom is 0.138 e. The summed E-state index contributed by atoms with van der Waals surface area (Å²) in [5.41, 5.74) is 1.34. The molecule has 4 nitrogen and oxygen atoms in total. The summed E-state index contributed by atoms with van der Waals surface area (Å²) in [6, 6.07) is 16.0. The van der Waals surface area contributed by atoms with E-state index in [0.29, 0.717) is 12.1 Å². The Bertz CT molecular complexity index is 792. The van der Waals surface area contributed by atoms with Crippen molar-refractivity contribution in [3.63, 3.8) is 0 Å². The summed E-state index contributed by atoms with van der Waals surface area (Å²) in [4.78, 5) is 4.29. The monoisotopic (exact) mass is 292 g/mol. The molecular weight excluding hydrogens is 272 g/mol. The van der Waals surface area contributed by atoms with Gasteiger partial charge in [-0.1, -0.05) is 36.4 Å². The Labute approximate surface area is 130 Å². The molecule has 0 fully saturated rings. The van der Waals surface area contributed by atoms with Gasteiger partial charge in [-0.25, -0.2) is 9.67 Å². The summed E-state index contributed by atoms with van der Waals surface area (Å²) in [6.07, 6.45) is 3.78. The number of benzene rings is 2. The van der Waals surface area contributed by atoms with Crippen molar-refractivity contribution in [2.24, 2.45) is 0 Å². The third-order valence-corrected chi connectivity index (χ3v) is 4.56. The normalized spacial score (nSPS) is 19.0. The highest BCUT2D eigenvalue weighted by atomic mass is 15.3. The number of nitrogens with one attached hydrogen (secondary N) is 1. The van der Waals surface area contributed by atoms with Gasteiger partial charge in [0.05, 0.1) is 6.54 Å². The standard InChI is InChI=1S/C18H20N4/c1-13(15-7-6-14-4-2-3-5-16(14)10-15)21-17-8-9-18-19-12-20-22(18)11-17/h2-7,10,12-13,17,21H,8-9,11H2,1H3/t13-,17+/m0/s1. The van der Waals surface area contributed by atoms with Crippen LogP contribution in [0.1, 0.15) is 30.8 Å². The van der Waals surface area contributed by atoms with E-state index in [2.05, 4.69) is 64.8 Å². The second-order valence-corrected chi connectivity index (χ2v) is 6.09. The van der Waals surface area contributed by atoms with Crippen LogP contribution in [0, 0.1) is 0 Å². The molecule has 0 unspecified atom stereocenters. The number of nitrogens with zero attached hydrogens (tertiary/aromatic N) is 3. The number of hydrogen-bond acceptors (Lipinski definition) is 3. The van der Waals surface area contributed by atoms with Crippen molar-refractivity contribution < 1.29 is 0 Å². The average Bonchev–Trinajstić information content (AvgIpc) is 3.02. The Morgan fingerprint density at radius 3 is 2.95 bits per heavy atom. The SMILES string of the molecule is C[C@H](N[C@@H]1CCc2ncnn2C1)c1ccc2ccccc2c1. The Hall–Kier alpha value is -2.20. The fourth-order valence-electron chi connectivity index (χ4n) is 3.30. The summed E-state index contributed by atoms with van der Waals surface area (Å²) in [7, 11) is 0. The molecule has 3 aromatic rings. The molecule has 22 heavy (non-hydrogen) atoms. The Morgan fingerprint density at radius 1 is 1.18 bits per heavy atom. The largest absolute Gasteiger partial charge is 0.306 e. The summed E-state index contributed by atoms with van der Waals surface area (Å²) >= 11 is 0. The minimum atomic E-state index is 0.333. The summed E-state index contributed by atoms with van der Waals surface area (Å²) < 4.78 is 2.02. The number of fused-ring (bicyclic) bond motifs is 2. The van der Waals surface area contributed by atoms with Gasteiger partial charge < -0.3 is 5.32 Å². The first-order valence-electron chi connectivity index (χ1n) is 7.91. The van der Waals surface area contributed by atoms with E-state index in [9.17, 15) is 0 Å². The fraction of sp³-hybridized carbons (Fsp3) is 0.333. The van der Waals surface area contributed by atoms with Crippen LogP contribution in [0.4, 0.5) is 0 Å². The van der Waals surface area contributed by atoms with Gasteiger partial charge in [0.2, 0.25) is 0 Å². The van der Waals surface area contributed by atoms with Crippen molar-refractivity contribution in [2.45, 2.75) is 38.4 Å². The molecule has 0 radical (unpaired) electrons. The molecule has 1 aliphatic heterocycles. The molecule has 1 aromatic heterocycles. The Morgan fingerprint density at radius 2 is 2.05 bits per heavy atom. The molecule has 2 heterocycles. The predicted octanol–water partition coefficient (Wildman–Crippen LogP) is 3.10. The van der Waals surface area contributed by atoms with Gasteiger partial charge in [0, 0.05) is 18.5 Å². The Kier molecular flexibility index (Phi) is 3.39. The lowest BCUT2D eigenvalue weighted by Gasteiger charge is -2.27. The topological polar surface area (TPSA) is 42.7 Å². The number of aryl methyl sites for hydroxylation is 1. The first kappa shape index (κ1) is 13.5. The first-order chi connectivity index (χ1) is 10.8. The molecule has 4 rings (SSSR count). The lowest BCUT2D eigenvalue weighted by atomic mass is 10.0. The molecular formula is C18H20N4. The highest BCUT2D eigenvalue weighted by Crippen LogP contribution is 2.22. The maximum atomic E-state index is 4.29. The minimum absolute atomic E-state index is 0.333. The molecule has 0 aliphatic carbocycles. The maximum absolute atomic E-state index is 4.29. The molecule has 0 saturated carbocycles. The molecule has 0 spiro atoms. The van der Waals surface area contributed by atoms with Crippen molar-refractivity contribution in [3.8, 4) is 0 Å². The highest BCUT2D eigenvalue weighted by molar-refractivity contribution is 5.83. The van der Waals surface area contributed by atoms with Crippen molar-refractivity contribution >= 4 is 10.8 Å². The molecule has 0 amide bonds. The van der Waals surface area contributed by atoms with Crippen molar-refractivity contribution in [2.75, 3.05) is 0 Å². The summed E-state index contributed by atoms with van der Waals surface area (Å²) in [6.45, 7) is 3.15. The summed E-state index contributed by atoms with van der Waals surface area (Å²) in [5, 5.41) is 10.6. The van der Waals surface area contributed by atoms with Crippen LogP contribution < -0.4 is 5.32 Å². The van der Waals surface area contributed by atoms with Gasteiger partial charge in [-0.2, -0.15) is 5.10 Å². The quantitative estimate of drug-likeness (QED) is 0.806. The lowest BCUT2D eigenvalue weighted by molar-refractivity contribution is 0.335. The van der Waals surface area contributed by atoms with Gasteiger partial charge in [-0.15, -0.1) is 0 Å². The minimum Gasteiger partial charge on any atom is -0.306 e. The zero-order chi connectivity index (χ0) is 14.9. The van der Waals surface area contributed by atoms with E-state index in [1.807, 2.05) is 4.68 Å².